The largest absolute Gasteiger partial charge is 0.375 e. The topological polar surface area (TPSA) is 51.2 Å². The van der Waals surface area contributed by atoms with Crippen molar-refractivity contribution >= 4 is 0 Å². The maximum absolute atomic E-state index is 11.5. The van der Waals surface area contributed by atoms with E-state index in [2.05, 4.69) is 0 Å². The highest BCUT2D eigenvalue weighted by Crippen LogP contribution is 2.39. The lowest BCUT2D eigenvalue weighted by molar-refractivity contribution is -0.167. The number of nitrogens with zero attached hydrogens (tertiary/aromatic N) is 1. The predicted octanol–water partition coefficient (Wildman–Crippen LogP) is 6.19. The monoisotopic (exact) mass is 495 g/mol. The van der Waals surface area contributed by atoms with E-state index in [0.29, 0.717) is 26.4 Å². The fourth-order valence-corrected chi connectivity index (χ4v) is 4.87. The molecule has 1 heterocycles. The second-order valence-electron chi connectivity index (χ2n) is 9.33. The van der Waals surface area contributed by atoms with E-state index < -0.39 is 24.3 Å². The second-order valence-corrected chi connectivity index (χ2v) is 9.33. The Hall–Kier alpha value is -3.32. The highest BCUT2D eigenvalue weighted by atomic mass is 16.6. The van der Waals surface area contributed by atoms with Gasteiger partial charge in [-0.1, -0.05) is 121 Å². The number of hydrogen-bond donors (Lipinski definition) is 1. The van der Waals surface area contributed by atoms with Crippen molar-refractivity contribution in [2.24, 2.45) is 0 Å². The molecule has 0 spiro atoms. The number of benzene rings is 4. The van der Waals surface area contributed by atoms with Crippen molar-refractivity contribution in [1.29, 1.82) is 0 Å². The molecular formula is C32H33NO4. The molecule has 0 bridgehead atoms. The number of ether oxygens (including phenoxy) is 3. The van der Waals surface area contributed by atoms with Crippen LogP contribution in [0.15, 0.2) is 121 Å². The van der Waals surface area contributed by atoms with Gasteiger partial charge in [-0.25, -0.2) is 0 Å². The summed E-state index contributed by atoms with van der Waals surface area (Å²) in [5.74, 6) is 0. The number of rotatable bonds is 11. The van der Waals surface area contributed by atoms with E-state index in [1.165, 1.54) is 5.06 Å². The van der Waals surface area contributed by atoms with E-state index in [4.69, 9.17) is 14.2 Å². The van der Waals surface area contributed by atoms with Crippen molar-refractivity contribution < 1.29 is 19.4 Å². The molecule has 1 aliphatic rings. The van der Waals surface area contributed by atoms with E-state index in [1.807, 2.05) is 121 Å². The Kier molecular flexibility index (Phi) is 8.74. The van der Waals surface area contributed by atoms with Gasteiger partial charge in [0.15, 0.2) is 0 Å². The molecule has 1 N–H and O–H groups in total. The maximum Gasteiger partial charge on any atom is 0.108 e. The minimum Gasteiger partial charge on any atom is -0.375 e. The van der Waals surface area contributed by atoms with Crippen molar-refractivity contribution in [3.63, 3.8) is 0 Å². The fraction of sp³-hybridized carbons (Fsp3) is 0.250. The highest BCUT2D eigenvalue weighted by molar-refractivity contribution is 5.24. The lowest BCUT2D eigenvalue weighted by Gasteiger charge is -2.26. The first-order valence-electron chi connectivity index (χ1n) is 12.7. The van der Waals surface area contributed by atoms with Gasteiger partial charge in [0.1, 0.15) is 12.2 Å². The van der Waals surface area contributed by atoms with Crippen LogP contribution in [0.4, 0.5) is 0 Å². The van der Waals surface area contributed by atoms with E-state index in [-0.39, 0.29) is 0 Å². The number of hydrogen-bond acceptors (Lipinski definition) is 5. The van der Waals surface area contributed by atoms with Crippen molar-refractivity contribution in [3.05, 3.63) is 144 Å². The van der Waals surface area contributed by atoms with Crippen LogP contribution in [0.2, 0.25) is 0 Å². The highest BCUT2D eigenvalue weighted by Gasteiger charge is 2.51. The molecule has 0 radical (unpaired) electrons. The van der Waals surface area contributed by atoms with Crippen LogP contribution in [0.5, 0.6) is 0 Å². The van der Waals surface area contributed by atoms with Crippen LogP contribution in [-0.4, -0.2) is 35.1 Å². The summed E-state index contributed by atoms with van der Waals surface area (Å²) in [6.07, 6.45) is -0.809. The first kappa shape index (κ1) is 25.3. The van der Waals surface area contributed by atoms with Crippen LogP contribution < -0.4 is 0 Å². The molecular weight excluding hydrogens is 462 g/mol. The quantitative estimate of drug-likeness (QED) is 0.269. The van der Waals surface area contributed by atoms with Crippen molar-refractivity contribution in [2.75, 3.05) is 6.61 Å². The molecule has 5 rings (SSSR count). The smallest absolute Gasteiger partial charge is 0.108 e. The molecule has 37 heavy (non-hydrogen) atoms. The SMILES string of the molecule is ON1[C@@H](COCc2ccccc2)[C@@H](OCc2ccccc2)[C@H](OCc2ccccc2)[C@@H]1c1ccccc1. The molecule has 1 fully saturated rings. The molecule has 0 unspecified atom stereocenters. The van der Waals surface area contributed by atoms with Crippen molar-refractivity contribution in [2.45, 2.75) is 44.1 Å². The van der Waals surface area contributed by atoms with Gasteiger partial charge >= 0.3 is 0 Å². The Labute approximate surface area is 218 Å². The van der Waals surface area contributed by atoms with Crippen LogP contribution >= 0.6 is 0 Å². The third-order valence-corrected chi connectivity index (χ3v) is 6.75. The van der Waals surface area contributed by atoms with Crippen LogP contribution in [0.1, 0.15) is 28.3 Å². The predicted molar refractivity (Wildman–Crippen MR) is 143 cm³/mol. The third kappa shape index (κ3) is 6.52. The summed E-state index contributed by atoms with van der Waals surface area (Å²) in [6.45, 7) is 1.61. The zero-order valence-corrected chi connectivity index (χ0v) is 20.8. The molecule has 5 heteroatoms. The standard InChI is InChI=1S/C32H33NO4/c34-33-29(24-35-21-25-13-5-1-6-14-25)31(36-22-26-15-7-2-8-16-26)32(30(33)28-19-11-4-12-20-28)37-23-27-17-9-3-10-18-27/h1-20,29-32,34H,21-24H2/t29-,30-,31+,32+/m0/s1. The molecule has 190 valence electrons. The third-order valence-electron chi connectivity index (χ3n) is 6.75. The molecule has 4 atom stereocenters. The molecule has 0 saturated carbocycles. The van der Waals surface area contributed by atoms with Gasteiger partial charge in [0.2, 0.25) is 0 Å². The molecule has 5 nitrogen and oxygen atoms in total. The zero-order valence-electron chi connectivity index (χ0n) is 20.8. The minimum absolute atomic E-state index is 0.305. The summed E-state index contributed by atoms with van der Waals surface area (Å²) in [7, 11) is 0. The molecule has 0 aliphatic carbocycles. The first-order chi connectivity index (χ1) is 18.3. The summed E-state index contributed by atoms with van der Waals surface area (Å²) in [6, 6.07) is 39.4. The zero-order chi connectivity index (χ0) is 25.3. The van der Waals surface area contributed by atoms with Crippen LogP contribution in [0.3, 0.4) is 0 Å². The van der Waals surface area contributed by atoms with Gasteiger partial charge in [-0.05, 0) is 22.3 Å². The fourth-order valence-electron chi connectivity index (χ4n) is 4.87. The lowest BCUT2D eigenvalue weighted by Crippen LogP contribution is -2.40. The van der Waals surface area contributed by atoms with Gasteiger partial charge in [-0.3, -0.25) is 0 Å². The van der Waals surface area contributed by atoms with Crippen LogP contribution in [0, 0.1) is 0 Å². The number of hydroxylamine groups is 2. The Morgan fingerprint density at radius 3 is 1.49 bits per heavy atom. The minimum atomic E-state index is -0.408. The van der Waals surface area contributed by atoms with Gasteiger partial charge < -0.3 is 19.4 Å². The average Bonchev–Trinajstić information content (AvgIpc) is 3.23. The molecule has 0 amide bonds. The summed E-state index contributed by atoms with van der Waals surface area (Å²) < 4.78 is 19.2. The summed E-state index contributed by atoms with van der Waals surface area (Å²) in [5, 5.41) is 12.9. The van der Waals surface area contributed by atoms with Gasteiger partial charge in [0.25, 0.3) is 0 Å². The van der Waals surface area contributed by atoms with E-state index in [1.54, 1.807) is 0 Å². The second kappa shape index (κ2) is 12.8. The van der Waals surface area contributed by atoms with Crippen molar-refractivity contribution in [1.82, 2.24) is 5.06 Å². The summed E-state index contributed by atoms with van der Waals surface area (Å²) in [4.78, 5) is 0. The van der Waals surface area contributed by atoms with E-state index in [9.17, 15) is 5.21 Å². The Morgan fingerprint density at radius 2 is 0.973 bits per heavy atom. The van der Waals surface area contributed by atoms with Crippen LogP contribution in [0.25, 0.3) is 0 Å². The van der Waals surface area contributed by atoms with Crippen molar-refractivity contribution in [3.8, 4) is 0 Å². The molecule has 1 aliphatic heterocycles. The average molecular weight is 496 g/mol. The van der Waals surface area contributed by atoms with E-state index >= 15 is 0 Å². The summed E-state index contributed by atoms with van der Waals surface area (Å²) in [5.41, 5.74) is 4.20. The lowest BCUT2D eigenvalue weighted by atomic mass is 10.0. The van der Waals surface area contributed by atoms with E-state index in [0.717, 1.165) is 22.3 Å². The van der Waals surface area contributed by atoms with Gasteiger partial charge in [-0.15, -0.1) is 0 Å². The molecule has 0 aromatic heterocycles. The maximum atomic E-state index is 11.5. The molecule has 4 aromatic carbocycles. The Bertz CT molecular complexity index is 1190. The Balaban J connectivity index is 1.40. The first-order valence-corrected chi connectivity index (χ1v) is 12.7. The van der Waals surface area contributed by atoms with Gasteiger partial charge in [0, 0.05) is 0 Å². The molecule has 1 saturated heterocycles. The van der Waals surface area contributed by atoms with Gasteiger partial charge in [-0.2, -0.15) is 5.06 Å². The summed E-state index contributed by atoms with van der Waals surface area (Å²) >= 11 is 0. The molecule has 4 aromatic rings. The van der Waals surface area contributed by atoms with Gasteiger partial charge in [0.05, 0.1) is 38.5 Å². The normalized spacial score (nSPS) is 21.8. The van der Waals surface area contributed by atoms with Crippen LogP contribution in [-0.2, 0) is 34.0 Å². The Morgan fingerprint density at radius 1 is 0.541 bits per heavy atom.